The number of hydrogen-bond donors (Lipinski definition) is 1. The third kappa shape index (κ3) is 2.99. The quantitative estimate of drug-likeness (QED) is 0.918. The van der Waals surface area contributed by atoms with Crippen molar-refractivity contribution < 1.29 is 17.9 Å². The minimum absolute atomic E-state index is 0.00960. The van der Waals surface area contributed by atoms with Gasteiger partial charge in [-0.25, -0.2) is 13.2 Å². The largest absolute Gasteiger partial charge is 0.497 e. The third-order valence-electron chi connectivity index (χ3n) is 3.15. The Balaban J connectivity index is 2.62. The van der Waals surface area contributed by atoms with E-state index >= 15 is 0 Å². The topological polar surface area (TPSA) is 21.3 Å². The molecule has 1 atom stereocenters. The van der Waals surface area contributed by atoms with Crippen molar-refractivity contribution in [2.24, 2.45) is 0 Å². The second-order valence-electron chi connectivity index (χ2n) is 4.36. The van der Waals surface area contributed by atoms with Gasteiger partial charge in [0.05, 0.1) is 13.2 Å². The van der Waals surface area contributed by atoms with E-state index in [-0.39, 0.29) is 21.9 Å². The molecule has 2 aromatic carbocycles. The van der Waals surface area contributed by atoms with Crippen molar-refractivity contribution in [3.63, 3.8) is 0 Å². The summed E-state index contributed by atoms with van der Waals surface area (Å²) in [6.07, 6.45) is 0. The fourth-order valence-corrected chi connectivity index (χ4v) is 2.45. The van der Waals surface area contributed by atoms with Crippen molar-refractivity contribution in [3.05, 3.63) is 63.9 Å². The van der Waals surface area contributed by atoms with Gasteiger partial charge in [-0.05, 0) is 19.2 Å². The zero-order chi connectivity index (χ0) is 15.6. The monoisotopic (exact) mass is 315 g/mol. The molecule has 2 aromatic rings. The molecule has 0 aliphatic rings. The first kappa shape index (κ1) is 15.7. The van der Waals surface area contributed by atoms with E-state index in [1.165, 1.54) is 32.4 Å². The summed E-state index contributed by atoms with van der Waals surface area (Å²) in [7, 11) is 2.77. The van der Waals surface area contributed by atoms with Gasteiger partial charge < -0.3 is 10.1 Å². The van der Waals surface area contributed by atoms with Gasteiger partial charge >= 0.3 is 0 Å². The Labute approximate surface area is 125 Å². The predicted molar refractivity (Wildman–Crippen MR) is 75.2 cm³/mol. The average Bonchev–Trinajstić information content (AvgIpc) is 2.44. The van der Waals surface area contributed by atoms with Gasteiger partial charge in [0.25, 0.3) is 0 Å². The van der Waals surface area contributed by atoms with Crippen molar-refractivity contribution in [1.82, 2.24) is 5.32 Å². The molecule has 0 fully saturated rings. The summed E-state index contributed by atoms with van der Waals surface area (Å²) >= 11 is 5.97. The molecule has 0 aliphatic carbocycles. The Kier molecular flexibility index (Phi) is 4.75. The molecular weight excluding hydrogens is 303 g/mol. The highest BCUT2D eigenvalue weighted by Gasteiger charge is 2.26. The van der Waals surface area contributed by atoms with Crippen LogP contribution in [0, 0.1) is 17.5 Å². The molecule has 1 unspecified atom stereocenters. The highest BCUT2D eigenvalue weighted by atomic mass is 35.5. The maximum atomic E-state index is 14.2. The molecule has 2 nitrogen and oxygen atoms in total. The van der Waals surface area contributed by atoms with E-state index in [9.17, 15) is 13.2 Å². The van der Waals surface area contributed by atoms with Crippen molar-refractivity contribution in [1.29, 1.82) is 0 Å². The zero-order valence-corrected chi connectivity index (χ0v) is 12.1. The van der Waals surface area contributed by atoms with Gasteiger partial charge in [0.1, 0.15) is 23.2 Å². The number of hydrogen-bond acceptors (Lipinski definition) is 2. The lowest BCUT2D eigenvalue weighted by Gasteiger charge is -2.20. The standard InChI is InChI=1S/C15H13ClF3NO/c1-20-15(13-9(16)4-3-5-10(13)17)14-11(18)6-8(21-2)7-12(14)19/h3-7,15,20H,1-2H3. The maximum Gasteiger partial charge on any atom is 0.134 e. The SMILES string of the molecule is CNC(c1c(F)cc(OC)cc1F)c1c(F)cccc1Cl. The lowest BCUT2D eigenvalue weighted by Crippen LogP contribution is -2.22. The first-order valence-corrected chi connectivity index (χ1v) is 6.51. The summed E-state index contributed by atoms with van der Waals surface area (Å²) in [5.41, 5.74) is -0.324. The summed E-state index contributed by atoms with van der Waals surface area (Å²) in [5, 5.41) is 2.78. The molecule has 0 saturated carbocycles. The van der Waals surface area contributed by atoms with Crippen molar-refractivity contribution in [2.75, 3.05) is 14.2 Å². The molecule has 0 radical (unpaired) electrons. The number of benzene rings is 2. The van der Waals surface area contributed by atoms with Crippen LogP contribution in [0.4, 0.5) is 13.2 Å². The van der Waals surface area contributed by atoms with Crippen LogP contribution in [-0.2, 0) is 0 Å². The van der Waals surface area contributed by atoms with E-state index in [2.05, 4.69) is 5.32 Å². The van der Waals surface area contributed by atoms with E-state index in [0.717, 1.165) is 12.1 Å². The summed E-state index contributed by atoms with van der Waals surface area (Å²) in [6.45, 7) is 0. The van der Waals surface area contributed by atoms with E-state index in [1.54, 1.807) is 0 Å². The summed E-state index contributed by atoms with van der Waals surface area (Å²) in [6, 6.07) is 5.10. The van der Waals surface area contributed by atoms with Crippen LogP contribution < -0.4 is 10.1 Å². The van der Waals surface area contributed by atoms with Gasteiger partial charge in [-0.15, -0.1) is 0 Å². The summed E-state index contributed by atoms with van der Waals surface area (Å²) < 4.78 is 47.1. The molecule has 0 amide bonds. The van der Waals surface area contributed by atoms with Crippen LogP contribution in [0.25, 0.3) is 0 Å². The summed E-state index contributed by atoms with van der Waals surface area (Å²) in [4.78, 5) is 0. The average molecular weight is 316 g/mol. The van der Waals surface area contributed by atoms with Gasteiger partial charge in [-0.3, -0.25) is 0 Å². The van der Waals surface area contributed by atoms with Crippen molar-refractivity contribution in [2.45, 2.75) is 6.04 Å². The number of nitrogens with one attached hydrogen (secondary N) is 1. The van der Waals surface area contributed by atoms with Crippen LogP contribution in [0.3, 0.4) is 0 Å². The van der Waals surface area contributed by atoms with Crippen LogP contribution in [-0.4, -0.2) is 14.2 Å². The third-order valence-corrected chi connectivity index (χ3v) is 3.48. The number of methoxy groups -OCH3 is 1. The van der Waals surface area contributed by atoms with E-state index in [0.29, 0.717) is 0 Å². The van der Waals surface area contributed by atoms with Gasteiger partial charge in [0.15, 0.2) is 0 Å². The molecule has 6 heteroatoms. The normalized spacial score (nSPS) is 12.3. The molecule has 21 heavy (non-hydrogen) atoms. The molecule has 0 heterocycles. The maximum absolute atomic E-state index is 14.2. The molecule has 2 rings (SSSR count). The molecule has 0 bridgehead atoms. The van der Waals surface area contributed by atoms with Crippen LogP contribution in [0.5, 0.6) is 5.75 Å². The highest BCUT2D eigenvalue weighted by Crippen LogP contribution is 2.34. The van der Waals surface area contributed by atoms with Crippen molar-refractivity contribution >= 4 is 11.6 Å². The molecule has 0 aromatic heterocycles. The van der Waals surface area contributed by atoms with Gasteiger partial charge in [-0.2, -0.15) is 0 Å². The molecule has 0 saturated heterocycles. The van der Waals surface area contributed by atoms with Crippen LogP contribution in [0.1, 0.15) is 17.2 Å². The highest BCUT2D eigenvalue weighted by molar-refractivity contribution is 6.31. The molecule has 0 spiro atoms. The minimum atomic E-state index is -1.05. The lowest BCUT2D eigenvalue weighted by atomic mass is 9.97. The minimum Gasteiger partial charge on any atom is -0.497 e. The van der Waals surface area contributed by atoms with Crippen molar-refractivity contribution in [3.8, 4) is 5.75 Å². The molecule has 1 N–H and O–H groups in total. The number of halogens is 4. The second-order valence-corrected chi connectivity index (χ2v) is 4.77. The first-order chi connectivity index (χ1) is 9.99. The first-order valence-electron chi connectivity index (χ1n) is 6.13. The van der Waals surface area contributed by atoms with Crippen LogP contribution in [0.15, 0.2) is 30.3 Å². The molecular formula is C15H13ClF3NO. The zero-order valence-electron chi connectivity index (χ0n) is 11.4. The van der Waals surface area contributed by atoms with Crippen LogP contribution in [0.2, 0.25) is 5.02 Å². The van der Waals surface area contributed by atoms with Gasteiger partial charge in [0.2, 0.25) is 0 Å². The van der Waals surface area contributed by atoms with Gasteiger partial charge in [-0.1, -0.05) is 17.7 Å². The lowest BCUT2D eigenvalue weighted by molar-refractivity contribution is 0.403. The smallest absolute Gasteiger partial charge is 0.134 e. The number of ether oxygens (including phenoxy) is 1. The summed E-state index contributed by atoms with van der Waals surface area (Å²) in [5.74, 6) is -2.28. The Bertz CT molecular complexity index is 620. The Morgan fingerprint density at radius 3 is 2.14 bits per heavy atom. The number of rotatable bonds is 4. The Hall–Kier alpha value is -1.72. The fraction of sp³-hybridized carbons (Fsp3) is 0.200. The van der Waals surface area contributed by atoms with E-state index in [1.807, 2.05) is 0 Å². The second kappa shape index (κ2) is 6.37. The molecule has 0 aliphatic heterocycles. The van der Waals surface area contributed by atoms with Gasteiger partial charge in [0, 0.05) is 28.3 Å². The fourth-order valence-electron chi connectivity index (χ4n) is 2.17. The predicted octanol–water partition coefficient (Wildman–Crippen LogP) is 4.07. The molecule has 112 valence electrons. The van der Waals surface area contributed by atoms with Crippen LogP contribution >= 0.6 is 11.6 Å². The Morgan fingerprint density at radius 2 is 1.67 bits per heavy atom. The van der Waals surface area contributed by atoms with E-state index in [4.69, 9.17) is 16.3 Å². The Morgan fingerprint density at radius 1 is 1.05 bits per heavy atom. The van der Waals surface area contributed by atoms with E-state index < -0.39 is 23.5 Å².